The van der Waals surface area contributed by atoms with Crippen LogP contribution in [-0.2, 0) is 4.79 Å². The van der Waals surface area contributed by atoms with Gasteiger partial charge in [0, 0.05) is 12.7 Å². The molecule has 0 saturated carbocycles. The lowest BCUT2D eigenvalue weighted by atomic mass is 10.2. The fourth-order valence-electron chi connectivity index (χ4n) is 1.28. The van der Waals surface area contributed by atoms with E-state index in [-0.39, 0.29) is 30.8 Å². The lowest BCUT2D eigenvalue weighted by Gasteiger charge is -2.07. The van der Waals surface area contributed by atoms with Crippen molar-refractivity contribution in [3.05, 3.63) is 28.8 Å². The molecule has 100 valence electrons. The number of nitrogens with one attached hydrogen (secondary N) is 3. The second-order valence-electron chi connectivity index (χ2n) is 3.35. The van der Waals surface area contributed by atoms with Crippen LogP contribution in [0.4, 0.5) is 5.69 Å². The van der Waals surface area contributed by atoms with Gasteiger partial charge in [0.05, 0.1) is 17.1 Å². The molecule has 1 aromatic carbocycles. The summed E-state index contributed by atoms with van der Waals surface area (Å²) >= 11 is 5.94. The molecular weight excluding hydrogens is 277 g/mol. The van der Waals surface area contributed by atoms with E-state index in [1.54, 1.807) is 25.2 Å². The molecule has 0 atom stereocenters. The number of carbonyl (C=O) groups is 2. The molecule has 0 bridgehead atoms. The Morgan fingerprint density at radius 3 is 2.44 bits per heavy atom. The van der Waals surface area contributed by atoms with Crippen molar-refractivity contribution >= 4 is 41.5 Å². The molecule has 0 fully saturated rings. The number of likely N-dealkylation sites (N-methyl/N-ethyl adjacent to an activating group) is 1. The van der Waals surface area contributed by atoms with Gasteiger partial charge >= 0.3 is 0 Å². The van der Waals surface area contributed by atoms with Crippen molar-refractivity contribution in [2.24, 2.45) is 0 Å². The summed E-state index contributed by atoms with van der Waals surface area (Å²) in [6.07, 6.45) is 0. The quantitative estimate of drug-likeness (QED) is 0.783. The topological polar surface area (TPSA) is 70.2 Å². The Hall–Kier alpha value is -1.30. The summed E-state index contributed by atoms with van der Waals surface area (Å²) in [6, 6.07) is 4.74. The zero-order chi connectivity index (χ0) is 12.8. The molecular formula is C11H15Cl2N3O2. The molecule has 5 nitrogen and oxygen atoms in total. The SMILES string of the molecule is CNCC(=O)Nc1ccc(C(=O)NC)c(Cl)c1.Cl. The van der Waals surface area contributed by atoms with E-state index in [0.29, 0.717) is 16.3 Å². The van der Waals surface area contributed by atoms with Gasteiger partial charge in [-0.15, -0.1) is 12.4 Å². The lowest BCUT2D eigenvalue weighted by molar-refractivity contribution is -0.115. The van der Waals surface area contributed by atoms with Gasteiger partial charge in [0.2, 0.25) is 5.91 Å². The van der Waals surface area contributed by atoms with Crippen molar-refractivity contribution in [3.63, 3.8) is 0 Å². The van der Waals surface area contributed by atoms with Gasteiger partial charge in [-0.1, -0.05) is 11.6 Å². The molecule has 1 aromatic rings. The fourth-order valence-corrected chi connectivity index (χ4v) is 1.54. The van der Waals surface area contributed by atoms with Crippen molar-refractivity contribution in [1.82, 2.24) is 10.6 Å². The average molecular weight is 292 g/mol. The molecule has 0 radical (unpaired) electrons. The third-order valence-corrected chi connectivity index (χ3v) is 2.37. The zero-order valence-corrected chi connectivity index (χ0v) is 11.6. The van der Waals surface area contributed by atoms with Crippen molar-refractivity contribution in [3.8, 4) is 0 Å². The van der Waals surface area contributed by atoms with Crippen LogP contribution >= 0.6 is 24.0 Å². The van der Waals surface area contributed by atoms with Crippen molar-refractivity contribution in [2.75, 3.05) is 26.0 Å². The normalized spacial score (nSPS) is 9.28. The van der Waals surface area contributed by atoms with Crippen molar-refractivity contribution < 1.29 is 9.59 Å². The summed E-state index contributed by atoms with van der Waals surface area (Å²) in [4.78, 5) is 22.7. The Balaban J connectivity index is 0.00000289. The van der Waals surface area contributed by atoms with Gasteiger partial charge in [-0.05, 0) is 25.2 Å². The molecule has 0 aromatic heterocycles. The van der Waals surface area contributed by atoms with Crippen molar-refractivity contribution in [1.29, 1.82) is 0 Å². The molecule has 2 amide bonds. The van der Waals surface area contributed by atoms with E-state index in [9.17, 15) is 9.59 Å². The van der Waals surface area contributed by atoms with Crippen molar-refractivity contribution in [2.45, 2.75) is 0 Å². The maximum atomic E-state index is 11.4. The number of benzene rings is 1. The molecule has 0 heterocycles. The number of rotatable bonds is 4. The Labute approximate surface area is 117 Å². The van der Waals surface area contributed by atoms with E-state index in [1.165, 1.54) is 7.05 Å². The Morgan fingerprint density at radius 1 is 1.28 bits per heavy atom. The van der Waals surface area contributed by atoms with Gasteiger partial charge in [-0.25, -0.2) is 0 Å². The molecule has 0 unspecified atom stereocenters. The van der Waals surface area contributed by atoms with E-state index in [1.807, 2.05) is 0 Å². The first-order valence-corrected chi connectivity index (χ1v) is 5.42. The maximum absolute atomic E-state index is 11.4. The first-order valence-electron chi connectivity index (χ1n) is 5.04. The number of halogens is 2. The van der Waals surface area contributed by atoms with Gasteiger partial charge in [0.1, 0.15) is 0 Å². The fraction of sp³-hybridized carbons (Fsp3) is 0.273. The van der Waals surface area contributed by atoms with Gasteiger partial charge in [0.15, 0.2) is 0 Å². The molecule has 0 aliphatic heterocycles. The summed E-state index contributed by atoms with van der Waals surface area (Å²) in [7, 11) is 3.21. The summed E-state index contributed by atoms with van der Waals surface area (Å²) in [5.41, 5.74) is 0.934. The largest absolute Gasteiger partial charge is 0.355 e. The Kier molecular flexibility index (Phi) is 7.35. The van der Waals surface area contributed by atoms with Crippen LogP contribution < -0.4 is 16.0 Å². The summed E-state index contributed by atoms with van der Waals surface area (Å²) < 4.78 is 0. The van der Waals surface area contributed by atoms with Crippen LogP contribution in [0, 0.1) is 0 Å². The van der Waals surface area contributed by atoms with E-state index < -0.39 is 0 Å². The zero-order valence-electron chi connectivity index (χ0n) is 10.0. The van der Waals surface area contributed by atoms with E-state index in [4.69, 9.17) is 11.6 Å². The first-order chi connectivity index (χ1) is 8.08. The summed E-state index contributed by atoms with van der Waals surface area (Å²) in [6.45, 7) is 0.217. The number of hydrogen-bond acceptors (Lipinski definition) is 3. The minimum Gasteiger partial charge on any atom is -0.355 e. The standard InChI is InChI=1S/C11H14ClN3O2.ClH/c1-13-6-10(16)15-7-3-4-8(9(12)5-7)11(17)14-2;/h3-5,13H,6H2,1-2H3,(H,14,17)(H,15,16);1H. The molecule has 0 saturated heterocycles. The van der Waals surface area contributed by atoms with E-state index in [0.717, 1.165) is 0 Å². The maximum Gasteiger partial charge on any atom is 0.252 e. The van der Waals surface area contributed by atoms with Crippen LogP contribution in [0.2, 0.25) is 5.02 Å². The molecule has 0 aliphatic rings. The van der Waals surface area contributed by atoms with Gasteiger partial charge in [0.25, 0.3) is 5.91 Å². The summed E-state index contributed by atoms with van der Waals surface area (Å²) in [5, 5.41) is 8.16. The first kappa shape index (κ1) is 16.7. The van der Waals surface area contributed by atoms with Crippen LogP contribution in [0.3, 0.4) is 0 Å². The highest BCUT2D eigenvalue weighted by Gasteiger charge is 2.09. The van der Waals surface area contributed by atoms with Crippen LogP contribution in [-0.4, -0.2) is 32.5 Å². The van der Waals surface area contributed by atoms with E-state index >= 15 is 0 Å². The van der Waals surface area contributed by atoms with Crippen LogP contribution in [0.5, 0.6) is 0 Å². The molecule has 0 aliphatic carbocycles. The second kappa shape index (κ2) is 7.92. The molecule has 1 rings (SSSR count). The molecule has 3 N–H and O–H groups in total. The number of hydrogen-bond donors (Lipinski definition) is 3. The Bertz CT molecular complexity index is 438. The van der Waals surface area contributed by atoms with Gasteiger partial charge < -0.3 is 16.0 Å². The number of anilines is 1. The average Bonchev–Trinajstić information content (AvgIpc) is 2.28. The highest BCUT2D eigenvalue weighted by atomic mass is 35.5. The molecule has 0 spiro atoms. The smallest absolute Gasteiger partial charge is 0.252 e. The lowest BCUT2D eigenvalue weighted by Crippen LogP contribution is -2.25. The van der Waals surface area contributed by atoms with E-state index in [2.05, 4.69) is 16.0 Å². The minimum atomic E-state index is -0.261. The number of carbonyl (C=O) groups excluding carboxylic acids is 2. The number of amides is 2. The van der Waals surface area contributed by atoms with Gasteiger partial charge in [-0.3, -0.25) is 9.59 Å². The van der Waals surface area contributed by atoms with Gasteiger partial charge in [-0.2, -0.15) is 0 Å². The highest BCUT2D eigenvalue weighted by molar-refractivity contribution is 6.34. The third kappa shape index (κ3) is 4.52. The van der Waals surface area contributed by atoms with Crippen LogP contribution in [0.15, 0.2) is 18.2 Å². The monoisotopic (exact) mass is 291 g/mol. The minimum absolute atomic E-state index is 0. The Morgan fingerprint density at radius 2 is 1.94 bits per heavy atom. The molecule has 7 heteroatoms. The second-order valence-corrected chi connectivity index (χ2v) is 3.76. The predicted molar refractivity (Wildman–Crippen MR) is 74.6 cm³/mol. The highest BCUT2D eigenvalue weighted by Crippen LogP contribution is 2.20. The van der Waals surface area contributed by atoms with Crippen LogP contribution in [0.25, 0.3) is 0 Å². The van der Waals surface area contributed by atoms with Crippen LogP contribution in [0.1, 0.15) is 10.4 Å². The third-order valence-electron chi connectivity index (χ3n) is 2.06. The molecule has 18 heavy (non-hydrogen) atoms. The predicted octanol–water partition coefficient (Wildman–Crippen LogP) is 1.28. The summed E-state index contributed by atoms with van der Waals surface area (Å²) in [5.74, 6) is -0.431.